The van der Waals surface area contributed by atoms with Crippen molar-refractivity contribution in [2.24, 2.45) is 5.73 Å². The van der Waals surface area contributed by atoms with Crippen LogP contribution >= 0.6 is 0 Å². The second-order valence-electron chi connectivity index (χ2n) is 9.46. The Kier molecular flexibility index (Phi) is 7.36. The molecule has 40 heavy (non-hydrogen) atoms. The lowest BCUT2D eigenvalue weighted by Crippen LogP contribution is -2.31. The third kappa shape index (κ3) is 5.30. The minimum Gasteiger partial charge on any atom is -0.489 e. The van der Waals surface area contributed by atoms with Gasteiger partial charge in [0.1, 0.15) is 29.7 Å². The van der Waals surface area contributed by atoms with E-state index >= 15 is 0 Å². The van der Waals surface area contributed by atoms with Crippen molar-refractivity contribution >= 4 is 34.9 Å². The molecule has 0 bridgehead atoms. The standard InChI is InChI=1S/C27H30N8O5/c1-4-34-21(11-15(2)33-34)25(37)32-26-31-20-12-18(24(28)36)13-22-23(20)35(26)19(14-39-22)7-10-30-27(38)40-16(3)17-5-8-29-9-6-17/h5-6,8-9,11-13,16,19H,4,7,10,14H2,1-3H3,(H2,28,36)(H,30,38)(H,31,32,37)/t16-,19+/m1/s1. The number of benzene rings is 1. The molecule has 0 fully saturated rings. The summed E-state index contributed by atoms with van der Waals surface area (Å²) in [6.45, 7) is 6.52. The van der Waals surface area contributed by atoms with Gasteiger partial charge in [0.15, 0.2) is 0 Å². The van der Waals surface area contributed by atoms with Crippen molar-refractivity contribution in [1.29, 1.82) is 0 Å². The molecular formula is C27H30N8O5. The number of nitrogens with two attached hydrogens (primary N) is 1. The molecule has 3 aromatic heterocycles. The van der Waals surface area contributed by atoms with Crippen LogP contribution in [0.4, 0.5) is 10.7 Å². The Morgan fingerprint density at radius 1 is 1.23 bits per heavy atom. The Hall–Kier alpha value is -4.94. The lowest BCUT2D eigenvalue weighted by molar-refractivity contribution is 0.0995. The largest absolute Gasteiger partial charge is 0.489 e. The van der Waals surface area contributed by atoms with E-state index in [-0.39, 0.29) is 36.6 Å². The quantitative estimate of drug-likeness (QED) is 0.288. The molecule has 4 heterocycles. The Morgan fingerprint density at radius 2 is 2.00 bits per heavy atom. The average Bonchev–Trinajstić information content (AvgIpc) is 3.51. The van der Waals surface area contributed by atoms with Gasteiger partial charge in [0, 0.05) is 31.0 Å². The van der Waals surface area contributed by atoms with Crippen molar-refractivity contribution in [3.8, 4) is 5.75 Å². The van der Waals surface area contributed by atoms with Crippen molar-refractivity contribution in [3.05, 3.63) is 65.2 Å². The highest BCUT2D eigenvalue weighted by Gasteiger charge is 2.29. The van der Waals surface area contributed by atoms with Gasteiger partial charge in [-0.3, -0.25) is 24.6 Å². The third-order valence-corrected chi connectivity index (χ3v) is 6.70. The van der Waals surface area contributed by atoms with E-state index in [9.17, 15) is 14.4 Å². The van der Waals surface area contributed by atoms with Gasteiger partial charge in [0.05, 0.1) is 17.3 Å². The molecule has 3 amide bonds. The first-order valence-electron chi connectivity index (χ1n) is 12.9. The van der Waals surface area contributed by atoms with Crippen LogP contribution in [0.15, 0.2) is 42.7 Å². The fraction of sp³-hybridized carbons (Fsp3) is 0.333. The van der Waals surface area contributed by atoms with Gasteiger partial charge < -0.3 is 25.1 Å². The van der Waals surface area contributed by atoms with Crippen LogP contribution in [-0.4, -0.2) is 55.4 Å². The van der Waals surface area contributed by atoms with Crippen LogP contribution in [0.1, 0.15) is 64.5 Å². The molecule has 1 aliphatic heterocycles. The zero-order chi connectivity index (χ0) is 28.4. The normalized spacial score (nSPS) is 14.8. The number of alkyl carbamates (subject to hydrolysis) is 1. The predicted octanol–water partition coefficient (Wildman–Crippen LogP) is 3.12. The summed E-state index contributed by atoms with van der Waals surface area (Å²) in [5.74, 6) is -0.270. The van der Waals surface area contributed by atoms with E-state index in [4.69, 9.17) is 15.2 Å². The van der Waals surface area contributed by atoms with E-state index in [0.717, 1.165) is 11.3 Å². The molecule has 0 unspecified atom stereocenters. The summed E-state index contributed by atoms with van der Waals surface area (Å²) in [7, 11) is 0. The molecule has 0 aliphatic carbocycles. The van der Waals surface area contributed by atoms with Gasteiger partial charge in [0.2, 0.25) is 11.9 Å². The van der Waals surface area contributed by atoms with E-state index < -0.39 is 18.1 Å². The summed E-state index contributed by atoms with van der Waals surface area (Å²) in [6, 6.07) is 8.12. The first-order valence-corrected chi connectivity index (χ1v) is 12.9. The number of amides is 3. The molecule has 0 saturated heterocycles. The second-order valence-corrected chi connectivity index (χ2v) is 9.46. The van der Waals surface area contributed by atoms with Gasteiger partial charge in [0.25, 0.3) is 5.91 Å². The summed E-state index contributed by atoms with van der Waals surface area (Å²) in [4.78, 5) is 46.2. The SMILES string of the molecule is CCn1nc(C)cc1C(=O)Nc1nc2cc(C(N)=O)cc3c2n1[C@@H](CCNC(=O)O[C@H](C)c1ccncc1)CO3. The fourth-order valence-electron chi connectivity index (χ4n) is 4.74. The van der Waals surface area contributed by atoms with Gasteiger partial charge in [-0.2, -0.15) is 5.10 Å². The Morgan fingerprint density at radius 3 is 2.73 bits per heavy atom. The van der Waals surface area contributed by atoms with Crippen LogP contribution in [0.25, 0.3) is 11.0 Å². The lowest BCUT2D eigenvalue weighted by Gasteiger charge is -2.27. The van der Waals surface area contributed by atoms with E-state index in [1.165, 1.54) is 0 Å². The molecule has 4 N–H and O–H groups in total. The van der Waals surface area contributed by atoms with Gasteiger partial charge in [-0.1, -0.05) is 0 Å². The highest BCUT2D eigenvalue weighted by molar-refractivity contribution is 6.04. The highest BCUT2D eigenvalue weighted by atomic mass is 16.6. The summed E-state index contributed by atoms with van der Waals surface area (Å²) in [6.07, 6.45) is 2.73. The average molecular weight is 547 g/mol. The molecular weight excluding hydrogens is 516 g/mol. The number of nitrogens with zero attached hydrogens (tertiary/aromatic N) is 5. The van der Waals surface area contributed by atoms with Gasteiger partial charge in [-0.15, -0.1) is 0 Å². The molecule has 1 aromatic carbocycles. The predicted molar refractivity (Wildman–Crippen MR) is 145 cm³/mol. The summed E-state index contributed by atoms with van der Waals surface area (Å²) < 4.78 is 14.9. The molecule has 4 aromatic rings. The van der Waals surface area contributed by atoms with Crippen LogP contribution in [0.5, 0.6) is 5.75 Å². The van der Waals surface area contributed by atoms with Crippen molar-refractivity contribution in [3.63, 3.8) is 0 Å². The number of imidazole rings is 1. The number of anilines is 1. The first kappa shape index (κ1) is 26.7. The molecule has 208 valence electrons. The van der Waals surface area contributed by atoms with Crippen LogP contribution in [0.2, 0.25) is 0 Å². The van der Waals surface area contributed by atoms with E-state index in [1.54, 1.807) is 54.3 Å². The molecule has 1 aliphatic rings. The zero-order valence-electron chi connectivity index (χ0n) is 22.4. The van der Waals surface area contributed by atoms with Crippen molar-refractivity contribution in [2.45, 2.75) is 45.9 Å². The molecule has 0 spiro atoms. The first-order chi connectivity index (χ1) is 19.2. The summed E-state index contributed by atoms with van der Waals surface area (Å²) in [5.41, 5.74) is 8.77. The third-order valence-electron chi connectivity index (χ3n) is 6.70. The second kappa shape index (κ2) is 11.0. The molecule has 5 rings (SSSR count). The number of nitrogens with one attached hydrogen (secondary N) is 2. The maximum atomic E-state index is 13.3. The zero-order valence-corrected chi connectivity index (χ0v) is 22.4. The number of carbonyl (C=O) groups excluding carboxylic acids is 3. The van der Waals surface area contributed by atoms with E-state index in [2.05, 4.69) is 25.7 Å². The van der Waals surface area contributed by atoms with Crippen molar-refractivity contribution in [2.75, 3.05) is 18.5 Å². The topological polar surface area (TPSA) is 168 Å². The lowest BCUT2D eigenvalue weighted by atomic mass is 10.1. The van der Waals surface area contributed by atoms with Gasteiger partial charge >= 0.3 is 6.09 Å². The Labute approximate surface area is 229 Å². The minimum atomic E-state index is -0.616. The van der Waals surface area contributed by atoms with Crippen LogP contribution in [0, 0.1) is 6.92 Å². The fourth-order valence-corrected chi connectivity index (χ4v) is 4.74. The highest BCUT2D eigenvalue weighted by Crippen LogP contribution is 2.38. The monoisotopic (exact) mass is 546 g/mol. The number of primary amides is 1. The van der Waals surface area contributed by atoms with Crippen molar-refractivity contribution < 1.29 is 23.9 Å². The number of hydrogen-bond donors (Lipinski definition) is 3. The Balaban J connectivity index is 1.37. The summed E-state index contributed by atoms with van der Waals surface area (Å²) >= 11 is 0. The maximum absolute atomic E-state index is 13.3. The van der Waals surface area contributed by atoms with Crippen molar-refractivity contribution in [1.82, 2.24) is 29.6 Å². The smallest absolute Gasteiger partial charge is 0.407 e. The molecule has 13 nitrogen and oxygen atoms in total. The number of ether oxygens (including phenoxy) is 2. The van der Waals surface area contributed by atoms with Gasteiger partial charge in [-0.05, 0) is 63.1 Å². The number of rotatable bonds is 9. The molecule has 0 radical (unpaired) electrons. The Bertz CT molecular complexity index is 1580. The van der Waals surface area contributed by atoms with Crippen LogP contribution in [-0.2, 0) is 11.3 Å². The minimum absolute atomic E-state index is 0.222. The number of hydrogen-bond acceptors (Lipinski definition) is 8. The molecule has 2 atom stereocenters. The molecule has 0 saturated carbocycles. The van der Waals surface area contributed by atoms with Gasteiger partial charge in [-0.25, -0.2) is 9.78 Å². The number of aromatic nitrogens is 5. The number of aryl methyl sites for hydroxylation is 2. The van der Waals surface area contributed by atoms with Crippen LogP contribution in [0.3, 0.4) is 0 Å². The number of carbonyl (C=O) groups is 3. The maximum Gasteiger partial charge on any atom is 0.407 e. The summed E-state index contributed by atoms with van der Waals surface area (Å²) in [5, 5.41) is 10.0. The van der Waals surface area contributed by atoms with Crippen LogP contribution < -0.4 is 21.1 Å². The van der Waals surface area contributed by atoms with E-state index in [1.807, 2.05) is 18.4 Å². The van der Waals surface area contributed by atoms with E-state index in [0.29, 0.717) is 35.4 Å². The molecule has 13 heteroatoms. The number of pyridine rings is 1.